The van der Waals surface area contributed by atoms with Crippen molar-refractivity contribution in [1.29, 1.82) is 0 Å². The van der Waals surface area contributed by atoms with Crippen LogP contribution in [0.25, 0.3) is 0 Å². The van der Waals surface area contributed by atoms with Crippen molar-refractivity contribution in [3.05, 3.63) is 35.9 Å². The number of methoxy groups -OCH3 is 2. The third kappa shape index (κ3) is 3.30. The number of carbonyl (C=O) groups excluding carboxylic acids is 1. The highest BCUT2D eigenvalue weighted by molar-refractivity contribution is 6.34. The summed E-state index contributed by atoms with van der Waals surface area (Å²) in [5, 5.41) is -0.729. The second kappa shape index (κ2) is 6.63. The number of alkyl halides is 1. The van der Waals surface area contributed by atoms with E-state index in [0.29, 0.717) is 12.2 Å². The van der Waals surface area contributed by atoms with Gasteiger partial charge in [0.1, 0.15) is 11.5 Å². The number of benzene rings is 1. The highest BCUT2D eigenvalue weighted by Crippen LogP contribution is 2.14. The lowest BCUT2D eigenvalue weighted by atomic mass is 10.1. The van der Waals surface area contributed by atoms with E-state index < -0.39 is 11.5 Å². The molecular weight excluding hydrogens is 228 g/mol. The molecule has 1 rings (SSSR count). The van der Waals surface area contributed by atoms with Gasteiger partial charge in [-0.3, -0.25) is 4.79 Å². The summed E-state index contributed by atoms with van der Waals surface area (Å²) in [7, 11) is 3.06. The lowest BCUT2D eigenvalue weighted by Gasteiger charge is -2.18. The fourth-order valence-electron chi connectivity index (χ4n) is 1.37. The monoisotopic (exact) mass is 242 g/mol. The Morgan fingerprint density at radius 1 is 1.31 bits per heavy atom. The molecule has 2 atom stereocenters. The van der Waals surface area contributed by atoms with Gasteiger partial charge in [-0.2, -0.15) is 0 Å². The molecule has 1 aromatic carbocycles. The van der Waals surface area contributed by atoms with E-state index in [1.165, 1.54) is 7.11 Å². The van der Waals surface area contributed by atoms with Crippen LogP contribution in [0.4, 0.5) is 0 Å². The summed E-state index contributed by atoms with van der Waals surface area (Å²) in [5.74, 6) is -0.147. The van der Waals surface area contributed by atoms with E-state index in [0.717, 1.165) is 0 Å². The number of Topliss-reactive ketones (excluding diaryl/α,β-unsaturated/α-hetero) is 1. The number of rotatable bonds is 6. The summed E-state index contributed by atoms with van der Waals surface area (Å²) in [6.45, 7) is 0.295. The summed E-state index contributed by atoms with van der Waals surface area (Å²) >= 11 is 6.06. The van der Waals surface area contributed by atoms with Crippen LogP contribution in [0.2, 0.25) is 0 Å². The van der Waals surface area contributed by atoms with Crippen LogP contribution in [0.3, 0.4) is 0 Å². The van der Waals surface area contributed by atoms with Crippen molar-refractivity contribution < 1.29 is 14.3 Å². The zero-order valence-corrected chi connectivity index (χ0v) is 10.1. The van der Waals surface area contributed by atoms with E-state index in [-0.39, 0.29) is 5.78 Å². The minimum atomic E-state index is -0.729. The van der Waals surface area contributed by atoms with Gasteiger partial charge in [0.15, 0.2) is 5.78 Å². The van der Waals surface area contributed by atoms with Crippen LogP contribution in [0.1, 0.15) is 10.4 Å². The van der Waals surface area contributed by atoms with Gasteiger partial charge in [-0.15, -0.1) is 11.6 Å². The van der Waals surface area contributed by atoms with Gasteiger partial charge in [-0.1, -0.05) is 30.3 Å². The molecule has 0 aromatic heterocycles. The normalized spacial score (nSPS) is 14.4. The van der Waals surface area contributed by atoms with E-state index in [1.54, 1.807) is 31.4 Å². The molecule has 0 aliphatic carbocycles. The average molecular weight is 243 g/mol. The predicted octanol–water partition coefficient (Wildman–Crippen LogP) is 2.14. The molecule has 3 nitrogen and oxygen atoms in total. The highest BCUT2D eigenvalue weighted by atomic mass is 35.5. The predicted molar refractivity (Wildman–Crippen MR) is 63.1 cm³/mol. The molecule has 0 radical (unpaired) electrons. The van der Waals surface area contributed by atoms with E-state index in [1.807, 2.05) is 6.07 Å². The number of ketones is 1. The molecule has 1 aromatic rings. The molecular formula is C12H15ClO3. The van der Waals surface area contributed by atoms with Crippen LogP contribution < -0.4 is 0 Å². The third-order valence-electron chi connectivity index (χ3n) is 2.27. The van der Waals surface area contributed by atoms with Crippen molar-refractivity contribution in [2.75, 3.05) is 20.8 Å². The van der Waals surface area contributed by atoms with Crippen molar-refractivity contribution in [3.8, 4) is 0 Å². The largest absolute Gasteiger partial charge is 0.382 e. The molecule has 0 fully saturated rings. The molecule has 2 unspecified atom stereocenters. The summed E-state index contributed by atoms with van der Waals surface area (Å²) in [6, 6.07) is 8.92. The third-order valence-corrected chi connectivity index (χ3v) is 2.75. The molecule has 16 heavy (non-hydrogen) atoms. The van der Waals surface area contributed by atoms with Gasteiger partial charge < -0.3 is 9.47 Å². The van der Waals surface area contributed by atoms with Crippen LogP contribution in [0.15, 0.2) is 30.3 Å². The van der Waals surface area contributed by atoms with Crippen molar-refractivity contribution in [3.63, 3.8) is 0 Å². The molecule has 0 bridgehead atoms. The maximum Gasteiger partial charge on any atom is 0.183 e. The molecule has 0 amide bonds. The van der Waals surface area contributed by atoms with Gasteiger partial charge in [0, 0.05) is 19.8 Å². The fourth-order valence-corrected chi connectivity index (χ4v) is 1.67. The first-order chi connectivity index (χ1) is 7.70. The van der Waals surface area contributed by atoms with E-state index in [2.05, 4.69) is 0 Å². The zero-order chi connectivity index (χ0) is 12.0. The summed E-state index contributed by atoms with van der Waals surface area (Å²) < 4.78 is 10.1. The Labute approximate surface area is 100 Å². The van der Waals surface area contributed by atoms with Gasteiger partial charge in [0.25, 0.3) is 0 Å². The second-order valence-electron chi connectivity index (χ2n) is 3.36. The zero-order valence-electron chi connectivity index (χ0n) is 9.35. The molecule has 0 heterocycles. The number of carbonyl (C=O) groups is 1. The van der Waals surface area contributed by atoms with E-state index >= 15 is 0 Å². The Morgan fingerprint density at radius 2 is 1.94 bits per heavy atom. The Kier molecular flexibility index (Phi) is 5.46. The quantitative estimate of drug-likeness (QED) is 0.566. The van der Waals surface area contributed by atoms with Crippen molar-refractivity contribution in [2.24, 2.45) is 0 Å². The Morgan fingerprint density at radius 3 is 2.44 bits per heavy atom. The number of hydrogen-bond acceptors (Lipinski definition) is 3. The standard InChI is InChI=1S/C12H15ClO3/c1-15-8-10(16-2)11(13)12(14)9-6-4-3-5-7-9/h3-7,10-11H,8H2,1-2H3. The van der Waals surface area contributed by atoms with Crippen molar-refractivity contribution >= 4 is 17.4 Å². The average Bonchev–Trinajstić information content (AvgIpc) is 2.35. The fraction of sp³-hybridized carbons (Fsp3) is 0.417. The maximum absolute atomic E-state index is 12.0. The van der Waals surface area contributed by atoms with Gasteiger partial charge in [0.05, 0.1) is 6.61 Å². The maximum atomic E-state index is 12.0. The van der Waals surface area contributed by atoms with Crippen molar-refractivity contribution in [1.82, 2.24) is 0 Å². The highest BCUT2D eigenvalue weighted by Gasteiger charge is 2.26. The van der Waals surface area contributed by atoms with Gasteiger partial charge in [-0.05, 0) is 0 Å². The lowest BCUT2D eigenvalue weighted by Crippen LogP contribution is -2.34. The number of hydrogen-bond donors (Lipinski definition) is 0. The summed E-state index contributed by atoms with van der Waals surface area (Å²) in [5.41, 5.74) is 0.584. The summed E-state index contributed by atoms with van der Waals surface area (Å²) in [4.78, 5) is 12.0. The topological polar surface area (TPSA) is 35.5 Å². The SMILES string of the molecule is COCC(OC)C(Cl)C(=O)c1ccccc1. The Balaban J connectivity index is 2.73. The van der Waals surface area contributed by atoms with Crippen LogP contribution in [-0.4, -0.2) is 38.1 Å². The van der Waals surface area contributed by atoms with Gasteiger partial charge in [0.2, 0.25) is 0 Å². The Hall–Kier alpha value is -0.900. The summed E-state index contributed by atoms with van der Waals surface area (Å²) in [6.07, 6.45) is -0.431. The molecule has 0 aliphatic heterocycles. The van der Waals surface area contributed by atoms with Crippen LogP contribution >= 0.6 is 11.6 Å². The van der Waals surface area contributed by atoms with Crippen molar-refractivity contribution in [2.45, 2.75) is 11.5 Å². The number of ether oxygens (including phenoxy) is 2. The molecule has 0 saturated carbocycles. The van der Waals surface area contributed by atoms with Crippen LogP contribution in [0.5, 0.6) is 0 Å². The van der Waals surface area contributed by atoms with Gasteiger partial charge in [-0.25, -0.2) is 0 Å². The first-order valence-corrected chi connectivity index (χ1v) is 5.39. The molecule has 88 valence electrons. The minimum absolute atomic E-state index is 0.147. The van der Waals surface area contributed by atoms with Crippen LogP contribution in [-0.2, 0) is 9.47 Å². The first-order valence-electron chi connectivity index (χ1n) is 4.95. The molecule has 0 N–H and O–H groups in total. The van der Waals surface area contributed by atoms with Crippen LogP contribution in [0, 0.1) is 0 Å². The molecule has 0 spiro atoms. The Bertz CT molecular complexity index is 326. The van der Waals surface area contributed by atoms with E-state index in [4.69, 9.17) is 21.1 Å². The molecule has 0 saturated heterocycles. The molecule has 0 aliphatic rings. The molecule has 4 heteroatoms. The van der Waals surface area contributed by atoms with E-state index in [9.17, 15) is 4.79 Å². The lowest BCUT2D eigenvalue weighted by molar-refractivity contribution is 0.0259. The smallest absolute Gasteiger partial charge is 0.183 e. The first kappa shape index (κ1) is 13.2. The minimum Gasteiger partial charge on any atom is -0.382 e. The van der Waals surface area contributed by atoms with Gasteiger partial charge >= 0.3 is 0 Å². The second-order valence-corrected chi connectivity index (χ2v) is 3.83. The number of halogens is 1.